The van der Waals surface area contributed by atoms with E-state index in [1.807, 2.05) is 17.0 Å². The summed E-state index contributed by atoms with van der Waals surface area (Å²) in [4.78, 5) is 15.5. The molecule has 1 saturated heterocycles. The summed E-state index contributed by atoms with van der Waals surface area (Å²) in [5, 5.41) is 3.39. The van der Waals surface area contributed by atoms with Gasteiger partial charge >= 0.3 is 0 Å². The maximum atomic E-state index is 12.3. The predicted octanol–water partition coefficient (Wildman–Crippen LogP) is 2.20. The van der Waals surface area contributed by atoms with Crippen molar-refractivity contribution in [3.8, 4) is 0 Å². The molecule has 90 valence electrons. The first kappa shape index (κ1) is 11.0. The molecule has 0 aromatic heterocycles. The van der Waals surface area contributed by atoms with Crippen LogP contribution in [0.1, 0.15) is 12.8 Å². The van der Waals surface area contributed by atoms with Gasteiger partial charge in [-0.3, -0.25) is 4.79 Å². The summed E-state index contributed by atoms with van der Waals surface area (Å²) >= 11 is 1.70. The van der Waals surface area contributed by atoms with Gasteiger partial charge in [-0.25, -0.2) is 0 Å². The minimum atomic E-state index is 0.0444. The highest BCUT2D eigenvalue weighted by molar-refractivity contribution is 8.00. The zero-order chi connectivity index (χ0) is 11.7. The molecular formula is C13H16N2OS. The fraction of sp³-hybridized carbons (Fsp3) is 0.462. The van der Waals surface area contributed by atoms with Crippen molar-refractivity contribution in [3.05, 3.63) is 24.3 Å². The van der Waals surface area contributed by atoms with Crippen molar-refractivity contribution in [1.29, 1.82) is 0 Å². The molecule has 0 radical (unpaired) electrons. The van der Waals surface area contributed by atoms with Crippen LogP contribution in [0.15, 0.2) is 29.2 Å². The van der Waals surface area contributed by atoms with Crippen molar-refractivity contribution < 1.29 is 4.79 Å². The lowest BCUT2D eigenvalue weighted by Crippen LogP contribution is -2.40. The van der Waals surface area contributed by atoms with Crippen molar-refractivity contribution >= 4 is 23.4 Å². The Balaban J connectivity index is 1.73. The molecule has 1 N–H and O–H groups in total. The molecular weight excluding hydrogens is 232 g/mol. The number of carbonyl (C=O) groups excluding carboxylic acids is 1. The molecule has 1 aromatic carbocycles. The topological polar surface area (TPSA) is 32.3 Å². The zero-order valence-corrected chi connectivity index (χ0v) is 10.5. The number of nitrogens with one attached hydrogen (secondary N) is 1. The molecule has 0 saturated carbocycles. The summed E-state index contributed by atoms with van der Waals surface area (Å²) in [5.74, 6) is 0.300. The quantitative estimate of drug-likeness (QED) is 0.827. The first-order valence-electron chi connectivity index (χ1n) is 6.13. The van der Waals surface area contributed by atoms with Crippen molar-refractivity contribution in [1.82, 2.24) is 4.90 Å². The van der Waals surface area contributed by atoms with E-state index in [0.717, 1.165) is 38.2 Å². The van der Waals surface area contributed by atoms with E-state index in [9.17, 15) is 4.79 Å². The third-order valence-corrected chi connectivity index (χ3v) is 4.59. The van der Waals surface area contributed by atoms with Gasteiger partial charge in [0.15, 0.2) is 0 Å². The number of para-hydroxylation sites is 1. The molecule has 3 rings (SSSR count). The number of anilines is 1. The summed E-state index contributed by atoms with van der Waals surface area (Å²) in [7, 11) is 0. The third-order valence-electron chi connectivity index (χ3n) is 3.33. The number of likely N-dealkylation sites (tertiary alicyclic amines) is 1. The summed E-state index contributed by atoms with van der Waals surface area (Å²) < 4.78 is 0. The number of hydrogen-bond acceptors (Lipinski definition) is 3. The van der Waals surface area contributed by atoms with Gasteiger partial charge in [-0.2, -0.15) is 0 Å². The number of nitrogens with zero attached hydrogens (tertiary/aromatic N) is 1. The second-order valence-electron chi connectivity index (χ2n) is 4.52. The molecule has 17 heavy (non-hydrogen) atoms. The fourth-order valence-corrected chi connectivity index (χ4v) is 3.54. The lowest BCUT2D eigenvalue weighted by Gasteiger charge is -2.28. The predicted molar refractivity (Wildman–Crippen MR) is 70.4 cm³/mol. The normalized spacial score (nSPS) is 23.1. The highest BCUT2D eigenvalue weighted by Crippen LogP contribution is 2.35. The molecule has 3 nitrogen and oxygen atoms in total. The number of fused-ring (bicyclic) bond motifs is 1. The van der Waals surface area contributed by atoms with E-state index in [0.29, 0.717) is 5.91 Å². The molecule has 0 aliphatic carbocycles. The number of rotatable bonds is 1. The van der Waals surface area contributed by atoms with Gasteiger partial charge in [0.25, 0.3) is 0 Å². The van der Waals surface area contributed by atoms with Crippen LogP contribution in [-0.2, 0) is 4.79 Å². The number of benzene rings is 1. The minimum Gasteiger partial charge on any atom is -0.382 e. The first-order valence-corrected chi connectivity index (χ1v) is 7.01. The average Bonchev–Trinajstić information content (AvgIpc) is 2.91. The van der Waals surface area contributed by atoms with Crippen molar-refractivity contribution in [3.63, 3.8) is 0 Å². The lowest BCUT2D eigenvalue weighted by atomic mass is 10.3. The first-order chi connectivity index (χ1) is 8.34. The van der Waals surface area contributed by atoms with Crippen LogP contribution in [-0.4, -0.2) is 35.7 Å². The molecule has 2 heterocycles. The van der Waals surface area contributed by atoms with Gasteiger partial charge in [0, 0.05) is 30.2 Å². The van der Waals surface area contributed by atoms with E-state index in [4.69, 9.17) is 0 Å². The van der Waals surface area contributed by atoms with Crippen LogP contribution in [0.3, 0.4) is 0 Å². The molecule has 2 aliphatic rings. The Kier molecular flexibility index (Phi) is 2.97. The minimum absolute atomic E-state index is 0.0444. The van der Waals surface area contributed by atoms with E-state index in [1.54, 1.807) is 11.8 Å². The Labute approximate surface area is 106 Å². The average molecular weight is 248 g/mol. The number of thioether (sulfide) groups is 1. The van der Waals surface area contributed by atoms with Gasteiger partial charge in [-0.05, 0) is 25.0 Å². The molecule has 0 unspecified atom stereocenters. The van der Waals surface area contributed by atoms with Gasteiger partial charge in [-0.1, -0.05) is 12.1 Å². The summed E-state index contributed by atoms with van der Waals surface area (Å²) in [6.07, 6.45) is 2.32. The Morgan fingerprint density at radius 3 is 2.88 bits per heavy atom. The largest absolute Gasteiger partial charge is 0.382 e. The highest BCUT2D eigenvalue weighted by atomic mass is 32.2. The van der Waals surface area contributed by atoms with Crippen LogP contribution >= 0.6 is 11.8 Å². The monoisotopic (exact) mass is 248 g/mol. The maximum Gasteiger partial charge on any atom is 0.237 e. The van der Waals surface area contributed by atoms with Gasteiger partial charge in [0.2, 0.25) is 5.91 Å². The Morgan fingerprint density at radius 2 is 2.06 bits per heavy atom. The van der Waals surface area contributed by atoms with Crippen molar-refractivity contribution in [2.24, 2.45) is 0 Å². The second kappa shape index (κ2) is 4.61. The molecule has 0 bridgehead atoms. The molecule has 1 fully saturated rings. The highest BCUT2D eigenvalue weighted by Gasteiger charge is 2.30. The fourth-order valence-electron chi connectivity index (χ4n) is 2.39. The molecule has 1 amide bonds. The zero-order valence-electron chi connectivity index (χ0n) is 9.69. The Bertz CT molecular complexity index is 429. The molecule has 0 spiro atoms. The van der Waals surface area contributed by atoms with Crippen LogP contribution in [0.4, 0.5) is 5.69 Å². The Morgan fingerprint density at radius 1 is 1.29 bits per heavy atom. The number of carbonyl (C=O) groups is 1. The van der Waals surface area contributed by atoms with Crippen LogP contribution in [0.25, 0.3) is 0 Å². The van der Waals surface area contributed by atoms with Gasteiger partial charge in [-0.15, -0.1) is 11.8 Å². The molecule has 1 aromatic rings. The van der Waals surface area contributed by atoms with Crippen LogP contribution < -0.4 is 5.32 Å². The SMILES string of the molecule is O=C([C@@H]1CNc2ccccc2S1)N1CCCC1. The van der Waals surface area contributed by atoms with E-state index in [1.165, 1.54) is 4.90 Å². The van der Waals surface area contributed by atoms with Gasteiger partial charge in [0.1, 0.15) is 5.25 Å². The Hall–Kier alpha value is -1.16. The summed E-state index contributed by atoms with van der Waals surface area (Å²) in [5.41, 5.74) is 1.16. The summed E-state index contributed by atoms with van der Waals surface area (Å²) in [6, 6.07) is 8.19. The van der Waals surface area contributed by atoms with Crippen LogP contribution in [0, 0.1) is 0 Å². The number of amides is 1. The third kappa shape index (κ3) is 2.14. The van der Waals surface area contributed by atoms with Crippen molar-refractivity contribution in [2.45, 2.75) is 23.0 Å². The van der Waals surface area contributed by atoms with Crippen LogP contribution in [0.2, 0.25) is 0 Å². The maximum absolute atomic E-state index is 12.3. The van der Waals surface area contributed by atoms with E-state index in [-0.39, 0.29) is 5.25 Å². The smallest absolute Gasteiger partial charge is 0.237 e. The van der Waals surface area contributed by atoms with Crippen molar-refractivity contribution in [2.75, 3.05) is 25.0 Å². The van der Waals surface area contributed by atoms with E-state index >= 15 is 0 Å². The van der Waals surface area contributed by atoms with E-state index < -0.39 is 0 Å². The van der Waals surface area contributed by atoms with Gasteiger partial charge < -0.3 is 10.2 Å². The summed E-state index contributed by atoms with van der Waals surface area (Å²) in [6.45, 7) is 2.63. The standard InChI is InChI=1S/C13H16N2OS/c16-13(15-7-3-4-8-15)12-9-14-10-5-1-2-6-11(10)17-12/h1-2,5-6,12,14H,3-4,7-9H2/t12-/m0/s1. The molecule has 2 aliphatic heterocycles. The molecule has 4 heteroatoms. The van der Waals surface area contributed by atoms with Gasteiger partial charge in [0.05, 0.1) is 0 Å². The number of hydrogen-bond donors (Lipinski definition) is 1. The van der Waals surface area contributed by atoms with E-state index in [2.05, 4.69) is 17.4 Å². The van der Waals surface area contributed by atoms with Crippen LogP contribution in [0.5, 0.6) is 0 Å². The lowest BCUT2D eigenvalue weighted by molar-refractivity contribution is -0.129. The second-order valence-corrected chi connectivity index (χ2v) is 5.76. The molecule has 1 atom stereocenters.